The molecule has 1 amide bonds. The number of hydrogen-bond donors (Lipinski definition) is 1. The van der Waals surface area contributed by atoms with E-state index in [0.29, 0.717) is 42.4 Å². The number of fused-ring (bicyclic) bond motifs is 1. The van der Waals surface area contributed by atoms with E-state index in [9.17, 15) is 9.59 Å². The first kappa shape index (κ1) is 18.3. The smallest absolute Gasteiger partial charge is 0.275 e. The second kappa shape index (κ2) is 7.89. The van der Waals surface area contributed by atoms with Crippen LogP contribution in [0.3, 0.4) is 0 Å². The van der Waals surface area contributed by atoms with Crippen molar-refractivity contribution in [3.05, 3.63) is 52.0 Å². The largest absolute Gasteiger partial charge is 0.368 e. The molecule has 1 fully saturated rings. The lowest BCUT2D eigenvalue weighted by Gasteiger charge is -2.09. The number of ether oxygens (including phenoxy) is 1. The predicted octanol–water partition coefficient (Wildman–Crippen LogP) is 1.30. The number of nitrogens with zero attached hydrogens (tertiary/aromatic N) is 4. The standard InChI is InChI=1S/C19H21N5O4/c1-12-13-5-2-3-6-14(13)19(26)24(22-12)11-17(25)20-9-8-16-21-18(28-23-16)15-7-4-10-27-15/h2-3,5-6,15H,4,7-11H2,1H3,(H,20,25)/t15-/m1/s1. The van der Waals surface area contributed by atoms with Gasteiger partial charge in [-0.25, -0.2) is 4.68 Å². The Balaban J connectivity index is 1.34. The van der Waals surface area contributed by atoms with Crippen molar-refractivity contribution < 1.29 is 14.1 Å². The Kier molecular flexibility index (Phi) is 5.16. The molecular weight excluding hydrogens is 362 g/mol. The van der Waals surface area contributed by atoms with Crippen LogP contribution < -0.4 is 10.9 Å². The molecule has 9 nitrogen and oxygen atoms in total. The molecule has 1 N–H and O–H groups in total. The van der Waals surface area contributed by atoms with Crippen molar-refractivity contribution in [2.24, 2.45) is 0 Å². The van der Waals surface area contributed by atoms with Gasteiger partial charge in [0, 0.05) is 25.0 Å². The van der Waals surface area contributed by atoms with Gasteiger partial charge in [-0.3, -0.25) is 9.59 Å². The number of nitrogens with one attached hydrogen (secondary N) is 1. The Hall–Kier alpha value is -3.07. The zero-order valence-corrected chi connectivity index (χ0v) is 15.6. The third-order valence-corrected chi connectivity index (χ3v) is 4.71. The molecule has 1 aliphatic rings. The molecular formula is C19H21N5O4. The van der Waals surface area contributed by atoms with Crippen molar-refractivity contribution >= 4 is 16.7 Å². The topological polar surface area (TPSA) is 112 Å². The summed E-state index contributed by atoms with van der Waals surface area (Å²) in [5, 5.41) is 12.3. The molecule has 3 aromatic rings. The van der Waals surface area contributed by atoms with Crippen LogP contribution in [0.15, 0.2) is 33.6 Å². The molecule has 0 saturated carbocycles. The first-order chi connectivity index (χ1) is 13.6. The van der Waals surface area contributed by atoms with E-state index in [1.807, 2.05) is 19.1 Å². The number of aromatic nitrogens is 4. The molecule has 0 bridgehead atoms. The molecule has 1 atom stereocenters. The molecule has 3 heterocycles. The van der Waals surface area contributed by atoms with Crippen LogP contribution >= 0.6 is 0 Å². The Morgan fingerprint density at radius 2 is 2.14 bits per heavy atom. The van der Waals surface area contributed by atoms with E-state index in [2.05, 4.69) is 20.6 Å². The van der Waals surface area contributed by atoms with Gasteiger partial charge in [-0.1, -0.05) is 23.4 Å². The van der Waals surface area contributed by atoms with E-state index in [0.717, 1.165) is 18.2 Å². The minimum atomic E-state index is -0.299. The summed E-state index contributed by atoms with van der Waals surface area (Å²) in [4.78, 5) is 29.0. The molecule has 1 aliphatic heterocycles. The van der Waals surface area contributed by atoms with Gasteiger partial charge in [0.05, 0.1) is 11.1 Å². The molecule has 4 rings (SSSR count). The number of rotatable bonds is 6. The highest BCUT2D eigenvalue weighted by molar-refractivity contribution is 5.83. The number of amides is 1. The van der Waals surface area contributed by atoms with Crippen LogP contribution in [0, 0.1) is 6.92 Å². The zero-order valence-electron chi connectivity index (χ0n) is 15.6. The molecule has 9 heteroatoms. The lowest BCUT2D eigenvalue weighted by atomic mass is 10.1. The van der Waals surface area contributed by atoms with Crippen LogP contribution in [0.25, 0.3) is 10.8 Å². The normalized spacial score (nSPS) is 16.5. The van der Waals surface area contributed by atoms with Gasteiger partial charge in [0.1, 0.15) is 12.6 Å². The van der Waals surface area contributed by atoms with Crippen LogP contribution in [-0.2, 0) is 22.5 Å². The van der Waals surface area contributed by atoms with Gasteiger partial charge < -0.3 is 14.6 Å². The highest BCUT2D eigenvalue weighted by Gasteiger charge is 2.23. The summed E-state index contributed by atoms with van der Waals surface area (Å²) in [5.74, 6) is 0.705. The second-order valence-corrected chi connectivity index (χ2v) is 6.74. The van der Waals surface area contributed by atoms with Crippen molar-refractivity contribution in [1.82, 2.24) is 25.2 Å². The van der Waals surface area contributed by atoms with Crippen molar-refractivity contribution in [3.8, 4) is 0 Å². The van der Waals surface area contributed by atoms with E-state index in [4.69, 9.17) is 9.26 Å². The minimum Gasteiger partial charge on any atom is -0.368 e. The van der Waals surface area contributed by atoms with Crippen molar-refractivity contribution in [1.29, 1.82) is 0 Å². The summed E-state index contributed by atoms with van der Waals surface area (Å²) in [6, 6.07) is 7.24. The van der Waals surface area contributed by atoms with Gasteiger partial charge in [0.2, 0.25) is 5.91 Å². The Morgan fingerprint density at radius 3 is 2.93 bits per heavy atom. The van der Waals surface area contributed by atoms with Crippen LogP contribution in [0.4, 0.5) is 0 Å². The average Bonchev–Trinajstić information content (AvgIpc) is 3.38. The summed E-state index contributed by atoms with van der Waals surface area (Å²) < 4.78 is 11.9. The lowest BCUT2D eigenvalue weighted by Crippen LogP contribution is -2.35. The van der Waals surface area contributed by atoms with E-state index < -0.39 is 0 Å². The lowest BCUT2D eigenvalue weighted by molar-refractivity contribution is -0.121. The number of carbonyl (C=O) groups is 1. The molecule has 0 spiro atoms. The summed E-state index contributed by atoms with van der Waals surface area (Å²) >= 11 is 0. The van der Waals surface area contributed by atoms with Gasteiger partial charge in [-0.05, 0) is 25.8 Å². The van der Waals surface area contributed by atoms with Crippen molar-refractivity contribution in [2.45, 2.75) is 38.8 Å². The summed E-state index contributed by atoms with van der Waals surface area (Å²) in [6.07, 6.45) is 2.18. The van der Waals surface area contributed by atoms with Gasteiger partial charge in [0.15, 0.2) is 5.82 Å². The van der Waals surface area contributed by atoms with Crippen LogP contribution in [0.2, 0.25) is 0 Å². The van der Waals surface area contributed by atoms with Crippen LogP contribution in [0.1, 0.15) is 36.4 Å². The van der Waals surface area contributed by atoms with E-state index in [-0.39, 0.29) is 24.1 Å². The van der Waals surface area contributed by atoms with Gasteiger partial charge >= 0.3 is 0 Å². The molecule has 2 aromatic heterocycles. The maximum Gasteiger partial charge on any atom is 0.275 e. The van der Waals surface area contributed by atoms with Gasteiger partial charge in [-0.15, -0.1) is 0 Å². The fourth-order valence-electron chi connectivity index (χ4n) is 3.29. The van der Waals surface area contributed by atoms with Crippen molar-refractivity contribution in [3.63, 3.8) is 0 Å². The predicted molar refractivity (Wildman–Crippen MR) is 99.7 cm³/mol. The third-order valence-electron chi connectivity index (χ3n) is 4.71. The molecule has 28 heavy (non-hydrogen) atoms. The maximum absolute atomic E-state index is 12.5. The molecule has 0 unspecified atom stereocenters. The molecule has 146 valence electrons. The first-order valence-corrected chi connectivity index (χ1v) is 9.29. The molecule has 1 saturated heterocycles. The Labute approximate surface area is 160 Å². The summed E-state index contributed by atoms with van der Waals surface area (Å²) in [5.41, 5.74) is 0.423. The van der Waals surface area contributed by atoms with E-state index in [1.165, 1.54) is 4.68 Å². The van der Waals surface area contributed by atoms with Crippen molar-refractivity contribution in [2.75, 3.05) is 13.2 Å². The Bertz CT molecular complexity index is 1050. The third kappa shape index (κ3) is 3.79. The number of hydrogen-bond acceptors (Lipinski definition) is 7. The second-order valence-electron chi connectivity index (χ2n) is 6.74. The zero-order chi connectivity index (χ0) is 19.5. The fraction of sp³-hybridized carbons (Fsp3) is 0.421. The summed E-state index contributed by atoms with van der Waals surface area (Å²) in [7, 11) is 0. The highest BCUT2D eigenvalue weighted by atomic mass is 16.5. The van der Waals surface area contributed by atoms with Gasteiger partial charge in [-0.2, -0.15) is 10.1 Å². The maximum atomic E-state index is 12.5. The fourth-order valence-corrected chi connectivity index (χ4v) is 3.29. The van der Waals surface area contributed by atoms with Crippen LogP contribution in [0.5, 0.6) is 0 Å². The molecule has 1 aromatic carbocycles. The van der Waals surface area contributed by atoms with E-state index in [1.54, 1.807) is 12.1 Å². The highest BCUT2D eigenvalue weighted by Crippen LogP contribution is 2.26. The van der Waals surface area contributed by atoms with Gasteiger partial charge in [0.25, 0.3) is 11.4 Å². The average molecular weight is 383 g/mol. The summed E-state index contributed by atoms with van der Waals surface area (Å²) in [6.45, 7) is 2.72. The number of carbonyl (C=O) groups excluding carboxylic acids is 1. The first-order valence-electron chi connectivity index (χ1n) is 9.29. The SMILES string of the molecule is Cc1nn(CC(=O)NCCc2noc([C@H]3CCCO3)n2)c(=O)c2ccccc12. The van der Waals surface area contributed by atoms with Crippen LogP contribution in [-0.4, -0.2) is 39.0 Å². The number of benzene rings is 1. The molecule has 0 radical (unpaired) electrons. The Morgan fingerprint density at radius 1 is 1.32 bits per heavy atom. The molecule has 0 aliphatic carbocycles. The minimum absolute atomic E-state index is 0.120. The monoisotopic (exact) mass is 383 g/mol. The van der Waals surface area contributed by atoms with E-state index >= 15 is 0 Å². The quantitative estimate of drug-likeness (QED) is 0.683. The number of aryl methyl sites for hydroxylation is 1.